The number of aliphatic hydroxyl groups is 1. The summed E-state index contributed by atoms with van der Waals surface area (Å²) in [6.45, 7) is 10.8. The zero-order chi connectivity index (χ0) is 28.9. The summed E-state index contributed by atoms with van der Waals surface area (Å²) in [5.74, 6) is 0.980. The van der Waals surface area contributed by atoms with E-state index in [9.17, 15) is 18.3 Å². The molecule has 1 unspecified atom stereocenters. The molecule has 40 heavy (non-hydrogen) atoms. The lowest BCUT2D eigenvalue weighted by Gasteiger charge is -2.35. The summed E-state index contributed by atoms with van der Waals surface area (Å²) >= 11 is 0. The topological polar surface area (TPSA) is 95.9 Å². The van der Waals surface area contributed by atoms with E-state index >= 15 is 0 Å². The van der Waals surface area contributed by atoms with Crippen LogP contribution in [0.25, 0.3) is 0 Å². The van der Waals surface area contributed by atoms with Gasteiger partial charge >= 0.3 is 0 Å². The van der Waals surface area contributed by atoms with Gasteiger partial charge in [-0.05, 0) is 91.8 Å². The van der Waals surface area contributed by atoms with Gasteiger partial charge in [-0.15, -0.1) is 0 Å². The monoisotopic (exact) mass is 570 g/mol. The second kappa shape index (κ2) is 13.6. The summed E-state index contributed by atoms with van der Waals surface area (Å²) in [7, 11) is -3.30. The Hall–Kier alpha value is -2.26. The van der Waals surface area contributed by atoms with Crippen LogP contribution in [0.5, 0.6) is 0 Å². The standard InChI is InChI=1S/C32H46N2O5S/c1-5-39-27-12-7-23(8-13-27)20-34-21-26-19-25(11-16-29(26)31(34)22(3)4)32(36)33-30(17-18-35)24-9-14-28(15-10-24)40(37,38)6-2/h9-11,14-16,19,22-23,27,30-31,35H,5-8,12-13,17-18,20-21H2,1-4H3,(H,33,36)/t23-,27-,30-,31?/m0/s1. The highest BCUT2D eigenvalue weighted by atomic mass is 32.2. The van der Waals surface area contributed by atoms with E-state index < -0.39 is 15.9 Å². The lowest BCUT2D eigenvalue weighted by atomic mass is 9.86. The van der Waals surface area contributed by atoms with Crippen molar-refractivity contribution in [2.24, 2.45) is 11.8 Å². The van der Waals surface area contributed by atoms with Gasteiger partial charge in [0.05, 0.1) is 22.8 Å². The number of hydrogen-bond acceptors (Lipinski definition) is 6. The average Bonchev–Trinajstić information content (AvgIpc) is 3.31. The molecule has 7 nitrogen and oxygen atoms in total. The highest BCUT2D eigenvalue weighted by Crippen LogP contribution is 2.41. The molecule has 2 N–H and O–H groups in total. The molecule has 0 radical (unpaired) electrons. The fraction of sp³-hybridized carbons (Fsp3) is 0.594. The summed E-state index contributed by atoms with van der Waals surface area (Å²) in [5.41, 5.74) is 3.90. The van der Waals surface area contributed by atoms with Gasteiger partial charge in [-0.25, -0.2) is 8.42 Å². The van der Waals surface area contributed by atoms with Crippen molar-refractivity contribution in [2.75, 3.05) is 25.5 Å². The molecule has 0 saturated heterocycles. The van der Waals surface area contributed by atoms with E-state index in [-0.39, 0.29) is 23.2 Å². The summed E-state index contributed by atoms with van der Waals surface area (Å²) in [5, 5.41) is 12.7. The van der Waals surface area contributed by atoms with Gasteiger partial charge in [0.25, 0.3) is 5.91 Å². The average molecular weight is 571 g/mol. The quantitative estimate of drug-likeness (QED) is 0.353. The van der Waals surface area contributed by atoms with Gasteiger partial charge in [0.15, 0.2) is 9.84 Å². The van der Waals surface area contributed by atoms with Crippen LogP contribution in [-0.2, 0) is 21.1 Å². The van der Waals surface area contributed by atoms with Crippen molar-refractivity contribution >= 4 is 15.7 Å². The number of sulfone groups is 1. The van der Waals surface area contributed by atoms with Crippen LogP contribution in [0.1, 0.15) is 98.9 Å². The van der Waals surface area contributed by atoms with Gasteiger partial charge in [0, 0.05) is 37.9 Å². The minimum absolute atomic E-state index is 0.0333. The predicted molar refractivity (Wildman–Crippen MR) is 158 cm³/mol. The Labute approximate surface area is 240 Å². The summed E-state index contributed by atoms with van der Waals surface area (Å²) in [6.07, 6.45) is 5.44. The van der Waals surface area contributed by atoms with Crippen molar-refractivity contribution in [2.45, 2.75) is 89.4 Å². The first-order valence-electron chi connectivity index (χ1n) is 14.9. The fourth-order valence-electron chi connectivity index (χ4n) is 6.46. The van der Waals surface area contributed by atoms with Crippen LogP contribution < -0.4 is 5.32 Å². The van der Waals surface area contributed by atoms with Crippen molar-refractivity contribution in [3.63, 3.8) is 0 Å². The first-order valence-corrected chi connectivity index (χ1v) is 16.5. The number of hydrogen-bond donors (Lipinski definition) is 2. The normalized spacial score (nSPS) is 22.3. The van der Waals surface area contributed by atoms with Crippen LogP contribution in [0.4, 0.5) is 0 Å². The molecule has 8 heteroatoms. The molecular formula is C32H46N2O5S. The molecule has 2 aromatic rings. The van der Waals surface area contributed by atoms with E-state index in [0.717, 1.165) is 38.1 Å². The van der Waals surface area contributed by atoms with E-state index in [1.807, 2.05) is 12.1 Å². The lowest BCUT2D eigenvalue weighted by Crippen LogP contribution is -2.33. The maximum atomic E-state index is 13.4. The van der Waals surface area contributed by atoms with E-state index in [1.165, 1.54) is 24.0 Å². The third-order valence-corrected chi connectivity index (χ3v) is 10.3. The van der Waals surface area contributed by atoms with Crippen LogP contribution in [0.15, 0.2) is 47.4 Å². The molecule has 1 heterocycles. The zero-order valence-corrected chi connectivity index (χ0v) is 25.3. The maximum Gasteiger partial charge on any atom is 0.251 e. The molecular weight excluding hydrogens is 524 g/mol. The van der Waals surface area contributed by atoms with E-state index in [4.69, 9.17) is 4.74 Å². The van der Waals surface area contributed by atoms with Crippen LogP contribution in [0, 0.1) is 11.8 Å². The summed E-state index contributed by atoms with van der Waals surface area (Å²) in [4.78, 5) is 16.2. The predicted octanol–water partition coefficient (Wildman–Crippen LogP) is 5.44. The van der Waals surface area contributed by atoms with Crippen molar-refractivity contribution in [3.8, 4) is 0 Å². The van der Waals surface area contributed by atoms with Gasteiger partial charge < -0.3 is 15.2 Å². The fourth-order valence-corrected chi connectivity index (χ4v) is 7.34. The Morgan fingerprint density at radius 1 is 1.07 bits per heavy atom. The number of rotatable bonds is 12. The number of carbonyl (C=O) groups excluding carboxylic acids is 1. The smallest absolute Gasteiger partial charge is 0.251 e. The second-order valence-electron chi connectivity index (χ2n) is 11.6. The van der Waals surface area contributed by atoms with Crippen LogP contribution in [0.2, 0.25) is 0 Å². The van der Waals surface area contributed by atoms with Crippen molar-refractivity contribution in [1.82, 2.24) is 10.2 Å². The number of ether oxygens (including phenoxy) is 1. The first kappa shape index (κ1) is 30.7. The van der Waals surface area contributed by atoms with Gasteiger partial charge in [-0.2, -0.15) is 0 Å². The van der Waals surface area contributed by atoms with Crippen molar-refractivity contribution in [3.05, 3.63) is 64.7 Å². The van der Waals surface area contributed by atoms with E-state index in [2.05, 4.69) is 37.1 Å². The number of nitrogens with one attached hydrogen (secondary N) is 1. The molecule has 0 spiro atoms. The molecule has 0 bridgehead atoms. The number of aliphatic hydroxyl groups excluding tert-OH is 1. The largest absolute Gasteiger partial charge is 0.396 e. The molecule has 0 aromatic heterocycles. The van der Waals surface area contributed by atoms with Crippen LogP contribution in [0.3, 0.4) is 0 Å². The second-order valence-corrected chi connectivity index (χ2v) is 13.9. The zero-order valence-electron chi connectivity index (χ0n) is 24.4. The molecule has 1 saturated carbocycles. The third kappa shape index (κ3) is 7.14. The van der Waals surface area contributed by atoms with E-state index in [1.54, 1.807) is 31.2 Å². The third-order valence-electron chi connectivity index (χ3n) is 8.56. The minimum atomic E-state index is -3.30. The minimum Gasteiger partial charge on any atom is -0.396 e. The maximum absolute atomic E-state index is 13.4. The Morgan fingerprint density at radius 2 is 1.77 bits per heavy atom. The molecule has 2 atom stereocenters. The molecule has 1 aliphatic heterocycles. The molecule has 2 aliphatic rings. The number of carbonyl (C=O) groups is 1. The first-order chi connectivity index (χ1) is 19.2. The highest BCUT2D eigenvalue weighted by Gasteiger charge is 2.35. The number of benzene rings is 2. The Kier molecular flexibility index (Phi) is 10.4. The van der Waals surface area contributed by atoms with E-state index in [0.29, 0.717) is 36.0 Å². The molecule has 2 aromatic carbocycles. The molecule has 220 valence electrons. The summed E-state index contributed by atoms with van der Waals surface area (Å²) in [6, 6.07) is 12.6. The van der Waals surface area contributed by atoms with Gasteiger partial charge in [0.2, 0.25) is 0 Å². The van der Waals surface area contributed by atoms with Crippen molar-refractivity contribution < 1.29 is 23.1 Å². The Balaban J connectivity index is 1.45. The molecule has 4 rings (SSSR count). The van der Waals surface area contributed by atoms with Gasteiger partial charge in [0.1, 0.15) is 0 Å². The Morgan fingerprint density at radius 3 is 2.38 bits per heavy atom. The molecule has 1 aliphatic carbocycles. The lowest BCUT2D eigenvalue weighted by molar-refractivity contribution is 0.0175. The Bertz CT molecular complexity index is 1240. The number of fused-ring (bicyclic) bond motifs is 1. The van der Waals surface area contributed by atoms with Crippen molar-refractivity contribution in [1.29, 1.82) is 0 Å². The van der Waals surface area contributed by atoms with Gasteiger partial charge in [-0.1, -0.05) is 39.0 Å². The van der Waals surface area contributed by atoms with Crippen LogP contribution in [-0.4, -0.2) is 55.9 Å². The summed E-state index contributed by atoms with van der Waals surface area (Å²) < 4.78 is 30.2. The SMILES string of the molecule is CCO[C@H]1CC[C@H](CN2Cc3cc(C(=O)N[C@@H](CCO)c4ccc(S(=O)(=O)CC)cc4)ccc3C2C(C)C)CC1. The van der Waals surface area contributed by atoms with Crippen LogP contribution >= 0.6 is 0 Å². The molecule has 1 fully saturated rings. The molecule has 1 amide bonds. The number of nitrogens with zero attached hydrogens (tertiary/aromatic N) is 1. The highest BCUT2D eigenvalue weighted by molar-refractivity contribution is 7.91. The van der Waals surface area contributed by atoms with Gasteiger partial charge in [-0.3, -0.25) is 9.69 Å². The number of amides is 1.